The third kappa shape index (κ3) is 5.29. The molecule has 0 saturated carbocycles. The Kier molecular flexibility index (Phi) is 7.39. The van der Waals surface area contributed by atoms with Gasteiger partial charge in [0, 0.05) is 16.7 Å². The van der Waals surface area contributed by atoms with E-state index in [0.717, 1.165) is 38.8 Å². The summed E-state index contributed by atoms with van der Waals surface area (Å²) in [5, 5.41) is 12.7. The number of benzene rings is 3. The zero-order valence-corrected chi connectivity index (χ0v) is 20.0. The molecule has 1 N–H and O–H groups in total. The van der Waals surface area contributed by atoms with Crippen LogP contribution in [-0.2, 0) is 11.3 Å². The van der Waals surface area contributed by atoms with E-state index < -0.39 is 0 Å². The molecule has 4 rings (SSSR count). The normalized spacial score (nSPS) is 11.0. The van der Waals surface area contributed by atoms with Crippen molar-refractivity contribution in [2.24, 2.45) is 0 Å². The van der Waals surface area contributed by atoms with Gasteiger partial charge in [-0.1, -0.05) is 88.4 Å². The first-order valence-corrected chi connectivity index (χ1v) is 12.1. The fourth-order valence-corrected chi connectivity index (χ4v) is 4.63. The summed E-state index contributed by atoms with van der Waals surface area (Å²) in [5.41, 5.74) is 3.08. The second-order valence-electron chi connectivity index (χ2n) is 7.18. The van der Waals surface area contributed by atoms with Crippen LogP contribution in [0.25, 0.3) is 0 Å². The molecule has 5 nitrogen and oxygen atoms in total. The van der Waals surface area contributed by atoms with Crippen LogP contribution in [0.1, 0.15) is 29.8 Å². The van der Waals surface area contributed by atoms with Crippen LogP contribution in [-0.4, -0.2) is 26.4 Å². The van der Waals surface area contributed by atoms with Crippen molar-refractivity contribution in [1.82, 2.24) is 14.8 Å². The van der Waals surface area contributed by atoms with Crippen molar-refractivity contribution >= 4 is 39.3 Å². The van der Waals surface area contributed by atoms with E-state index in [4.69, 9.17) is 0 Å². The summed E-state index contributed by atoms with van der Waals surface area (Å²) in [6.45, 7) is 2.79. The van der Waals surface area contributed by atoms with Gasteiger partial charge in [0.05, 0.1) is 11.7 Å². The molecule has 0 aliphatic carbocycles. The molecule has 1 aromatic heterocycles. The lowest BCUT2D eigenvalue weighted by atomic mass is 9.90. The molecule has 0 saturated heterocycles. The van der Waals surface area contributed by atoms with Crippen LogP contribution < -0.4 is 5.32 Å². The molecule has 4 aromatic rings. The van der Waals surface area contributed by atoms with Gasteiger partial charge in [-0.15, -0.1) is 10.2 Å². The van der Waals surface area contributed by atoms with Gasteiger partial charge in [0.15, 0.2) is 5.16 Å². The van der Waals surface area contributed by atoms with Gasteiger partial charge in [0.1, 0.15) is 5.82 Å². The van der Waals surface area contributed by atoms with E-state index in [9.17, 15) is 4.79 Å². The number of carbonyl (C=O) groups excluding carboxylic acids is 1. The molecular weight excluding hydrogens is 484 g/mol. The third-order valence-corrected chi connectivity index (χ3v) is 6.54. The molecule has 1 amide bonds. The quantitative estimate of drug-likeness (QED) is 0.299. The summed E-state index contributed by atoms with van der Waals surface area (Å²) in [6.07, 6.45) is 0. The number of halogens is 1. The zero-order chi connectivity index (χ0) is 22.3. The maximum absolute atomic E-state index is 12.5. The monoisotopic (exact) mass is 506 g/mol. The molecule has 0 aliphatic rings. The highest BCUT2D eigenvalue weighted by Crippen LogP contribution is 2.32. The summed E-state index contributed by atoms with van der Waals surface area (Å²) in [5.74, 6) is 1.03. The molecule has 162 valence electrons. The smallest absolute Gasteiger partial charge is 0.234 e. The minimum Gasteiger partial charge on any atom is -0.325 e. The molecule has 0 bridgehead atoms. The average molecular weight is 507 g/mol. The molecular formula is C25H23BrN4OS. The molecule has 0 atom stereocenters. The van der Waals surface area contributed by atoms with E-state index >= 15 is 0 Å². The number of nitrogens with zero attached hydrogens (tertiary/aromatic N) is 3. The largest absolute Gasteiger partial charge is 0.325 e. The van der Waals surface area contributed by atoms with Gasteiger partial charge < -0.3 is 9.88 Å². The van der Waals surface area contributed by atoms with Crippen LogP contribution in [0.5, 0.6) is 0 Å². The van der Waals surface area contributed by atoms with Crippen LogP contribution in [0, 0.1) is 0 Å². The van der Waals surface area contributed by atoms with Gasteiger partial charge in [0.2, 0.25) is 5.91 Å². The van der Waals surface area contributed by atoms with Crippen LogP contribution in [0.2, 0.25) is 0 Å². The topological polar surface area (TPSA) is 59.8 Å². The predicted octanol–water partition coefficient (Wildman–Crippen LogP) is 5.97. The first-order chi connectivity index (χ1) is 15.7. The maximum Gasteiger partial charge on any atom is 0.234 e. The highest BCUT2D eigenvalue weighted by Gasteiger charge is 2.24. The van der Waals surface area contributed by atoms with Crippen LogP contribution in [0.3, 0.4) is 0 Å². The first kappa shape index (κ1) is 22.3. The highest BCUT2D eigenvalue weighted by atomic mass is 79.9. The number of anilines is 1. The van der Waals surface area contributed by atoms with Gasteiger partial charge in [-0.3, -0.25) is 4.79 Å². The molecule has 3 aromatic carbocycles. The predicted molar refractivity (Wildman–Crippen MR) is 133 cm³/mol. The Hall–Kier alpha value is -2.90. The lowest BCUT2D eigenvalue weighted by Gasteiger charge is -2.18. The summed E-state index contributed by atoms with van der Waals surface area (Å²) in [4.78, 5) is 12.5. The Morgan fingerprint density at radius 1 is 0.938 bits per heavy atom. The molecule has 7 heteroatoms. The van der Waals surface area contributed by atoms with Crippen molar-refractivity contribution in [2.75, 3.05) is 11.1 Å². The van der Waals surface area contributed by atoms with E-state index in [1.165, 1.54) is 11.8 Å². The maximum atomic E-state index is 12.5. The zero-order valence-electron chi connectivity index (χ0n) is 17.6. The molecule has 0 aliphatic heterocycles. The van der Waals surface area contributed by atoms with E-state index in [2.05, 4.69) is 67.2 Å². The summed E-state index contributed by atoms with van der Waals surface area (Å²) in [6, 6.07) is 28.2. The standard InChI is InChI=1S/C25H23BrN4OS/c1-2-30-24(23(18-9-5-3-6-10-18)19-11-7-4-8-12-19)28-29-25(30)32-17-22(31)27-21-15-13-20(26)14-16-21/h3-16,23H,2,17H2,1H3,(H,27,31). The number of carbonyl (C=O) groups is 1. The Balaban J connectivity index is 1.56. The number of rotatable bonds is 8. The van der Waals surface area contributed by atoms with Crippen molar-refractivity contribution in [3.05, 3.63) is 106 Å². The number of hydrogen-bond donors (Lipinski definition) is 1. The minimum absolute atomic E-state index is 0.0317. The summed E-state index contributed by atoms with van der Waals surface area (Å²) < 4.78 is 3.07. The van der Waals surface area contributed by atoms with E-state index in [0.29, 0.717) is 0 Å². The molecule has 0 spiro atoms. The lowest BCUT2D eigenvalue weighted by molar-refractivity contribution is -0.113. The average Bonchev–Trinajstić information content (AvgIpc) is 3.23. The van der Waals surface area contributed by atoms with Crippen LogP contribution >= 0.6 is 27.7 Å². The molecule has 32 heavy (non-hydrogen) atoms. The first-order valence-electron chi connectivity index (χ1n) is 10.4. The fraction of sp³-hybridized carbons (Fsp3) is 0.160. The number of hydrogen-bond acceptors (Lipinski definition) is 4. The van der Waals surface area contributed by atoms with E-state index in [-0.39, 0.29) is 17.6 Å². The SMILES string of the molecule is CCn1c(SCC(=O)Nc2ccc(Br)cc2)nnc1C(c1ccccc1)c1ccccc1. The molecule has 0 unspecified atom stereocenters. The van der Waals surface area contributed by atoms with Crippen molar-refractivity contribution < 1.29 is 4.79 Å². The molecule has 1 heterocycles. The summed E-state index contributed by atoms with van der Waals surface area (Å²) in [7, 11) is 0. The second kappa shape index (κ2) is 10.6. The second-order valence-corrected chi connectivity index (χ2v) is 9.04. The van der Waals surface area contributed by atoms with Gasteiger partial charge >= 0.3 is 0 Å². The Morgan fingerprint density at radius 3 is 2.09 bits per heavy atom. The van der Waals surface area contributed by atoms with Gasteiger partial charge in [-0.2, -0.15) is 0 Å². The third-order valence-electron chi connectivity index (χ3n) is 5.05. The number of nitrogens with one attached hydrogen (secondary N) is 1. The van der Waals surface area contributed by atoms with Gasteiger partial charge in [-0.05, 0) is 42.3 Å². The van der Waals surface area contributed by atoms with E-state index in [1.54, 1.807) is 0 Å². The fourth-order valence-electron chi connectivity index (χ4n) is 3.56. The number of thioether (sulfide) groups is 1. The van der Waals surface area contributed by atoms with Crippen molar-refractivity contribution in [3.63, 3.8) is 0 Å². The van der Waals surface area contributed by atoms with E-state index in [1.807, 2.05) is 60.7 Å². The van der Waals surface area contributed by atoms with Crippen LogP contribution in [0.15, 0.2) is 94.6 Å². The molecule has 0 fully saturated rings. The number of amides is 1. The van der Waals surface area contributed by atoms with Crippen molar-refractivity contribution in [3.8, 4) is 0 Å². The lowest BCUT2D eigenvalue weighted by Crippen LogP contribution is -2.15. The van der Waals surface area contributed by atoms with Crippen molar-refractivity contribution in [1.29, 1.82) is 0 Å². The Bertz CT molecular complexity index is 1120. The summed E-state index contributed by atoms with van der Waals surface area (Å²) >= 11 is 4.80. The van der Waals surface area contributed by atoms with Crippen LogP contribution in [0.4, 0.5) is 5.69 Å². The Labute approximate surface area is 200 Å². The minimum atomic E-state index is -0.0767. The highest BCUT2D eigenvalue weighted by molar-refractivity contribution is 9.10. The molecule has 0 radical (unpaired) electrons. The number of aromatic nitrogens is 3. The van der Waals surface area contributed by atoms with Gasteiger partial charge in [-0.25, -0.2) is 0 Å². The Morgan fingerprint density at radius 2 is 1.53 bits per heavy atom. The van der Waals surface area contributed by atoms with Gasteiger partial charge in [0.25, 0.3) is 0 Å². The van der Waals surface area contributed by atoms with Crippen molar-refractivity contribution in [2.45, 2.75) is 24.5 Å².